The lowest BCUT2D eigenvalue weighted by Crippen LogP contribution is -2.23. The van der Waals surface area contributed by atoms with Crippen molar-refractivity contribution in [3.8, 4) is 0 Å². The van der Waals surface area contributed by atoms with Crippen molar-refractivity contribution in [1.29, 1.82) is 0 Å². The van der Waals surface area contributed by atoms with Crippen molar-refractivity contribution in [1.82, 2.24) is 9.97 Å². The maximum absolute atomic E-state index is 9.56. The van der Waals surface area contributed by atoms with Crippen LogP contribution in [0.3, 0.4) is 0 Å². The summed E-state index contributed by atoms with van der Waals surface area (Å²) >= 11 is 7.71. The van der Waals surface area contributed by atoms with Gasteiger partial charge in [-0.3, -0.25) is 0 Å². The first-order valence-corrected chi connectivity index (χ1v) is 8.73. The molecule has 0 atom stereocenters. The number of fused-ring (bicyclic) bond motifs is 1. The highest BCUT2D eigenvalue weighted by molar-refractivity contribution is 7.18. The van der Waals surface area contributed by atoms with Crippen LogP contribution in [0.1, 0.15) is 37.5 Å². The number of anilines is 1. The van der Waals surface area contributed by atoms with Gasteiger partial charge in [-0.15, -0.1) is 11.3 Å². The number of hydrogen-bond acceptors (Lipinski definition) is 5. The lowest BCUT2D eigenvalue weighted by atomic mass is 9.87. The van der Waals surface area contributed by atoms with E-state index in [1.807, 2.05) is 0 Å². The maximum Gasteiger partial charge on any atom is 0.225 e. The summed E-state index contributed by atoms with van der Waals surface area (Å²) < 4.78 is 0. The van der Waals surface area contributed by atoms with Gasteiger partial charge in [0.15, 0.2) is 0 Å². The van der Waals surface area contributed by atoms with Gasteiger partial charge in [-0.25, -0.2) is 9.97 Å². The fraction of sp³-hybridized carbons (Fsp3) is 0.600. The number of halogens is 1. The smallest absolute Gasteiger partial charge is 0.225 e. The Morgan fingerprint density at radius 3 is 2.81 bits per heavy atom. The monoisotopic (exact) mass is 325 g/mol. The third-order valence-corrected chi connectivity index (χ3v) is 5.48. The molecular formula is C15H20ClN3OS. The van der Waals surface area contributed by atoms with E-state index in [0.717, 1.165) is 54.7 Å². The Labute approximate surface area is 133 Å². The molecule has 0 aliphatic heterocycles. The Kier molecular flexibility index (Phi) is 4.62. The Balaban J connectivity index is 1.75. The molecule has 0 spiro atoms. The number of nitrogens with zero attached hydrogens (tertiary/aromatic N) is 2. The molecule has 2 aromatic heterocycles. The van der Waals surface area contributed by atoms with E-state index in [-0.39, 0.29) is 6.10 Å². The summed E-state index contributed by atoms with van der Waals surface area (Å²) in [6.07, 6.45) is 4.85. The number of thiophene rings is 1. The molecule has 0 saturated heterocycles. The van der Waals surface area contributed by atoms with Crippen molar-refractivity contribution in [2.75, 3.05) is 11.9 Å². The van der Waals surface area contributed by atoms with E-state index in [9.17, 15) is 5.11 Å². The minimum atomic E-state index is -0.106. The molecule has 2 heterocycles. The quantitative estimate of drug-likeness (QED) is 0.838. The highest BCUT2D eigenvalue weighted by atomic mass is 35.5. The van der Waals surface area contributed by atoms with Gasteiger partial charge in [-0.1, -0.05) is 6.92 Å². The standard InChI is InChI=1S/C15H20ClN3OS/c1-2-11-7-12-13(18-15(16)19-14(12)21-11)17-8-9-3-5-10(20)6-4-9/h7,9-10,20H,2-6,8H2,1H3,(H,17,18,19). The molecule has 4 nitrogen and oxygen atoms in total. The molecule has 0 amide bonds. The molecule has 1 aliphatic rings. The Bertz CT molecular complexity index is 623. The number of hydrogen-bond donors (Lipinski definition) is 2. The highest BCUT2D eigenvalue weighted by Gasteiger charge is 2.20. The molecular weight excluding hydrogens is 306 g/mol. The number of aliphatic hydroxyl groups is 1. The van der Waals surface area contributed by atoms with E-state index in [2.05, 4.69) is 28.3 Å². The van der Waals surface area contributed by atoms with Crippen LogP contribution in [-0.4, -0.2) is 27.7 Å². The lowest BCUT2D eigenvalue weighted by Gasteiger charge is -2.25. The van der Waals surface area contributed by atoms with Crippen molar-refractivity contribution in [3.63, 3.8) is 0 Å². The number of nitrogens with one attached hydrogen (secondary N) is 1. The molecule has 21 heavy (non-hydrogen) atoms. The van der Waals surface area contributed by atoms with Crippen molar-refractivity contribution in [2.24, 2.45) is 5.92 Å². The van der Waals surface area contributed by atoms with Gasteiger partial charge in [0.2, 0.25) is 5.28 Å². The van der Waals surface area contributed by atoms with Crippen molar-refractivity contribution < 1.29 is 5.11 Å². The summed E-state index contributed by atoms with van der Waals surface area (Å²) in [5.74, 6) is 1.44. The van der Waals surface area contributed by atoms with Crippen LogP contribution < -0.4 is 5.32 Å². The summed E-state index contributed by atoms with van der Waals surface area (Å²) in [6.45, 7) is 3.02. The summed E-state index contributed by atoms with van der Waals surface area (Å²) in [6, 6.07) is 2.16. The zero-order valence-electron chi connectivity index (χ0n) is 12.1. The van der Waals surface area contributed by atoms with Crippen molar-refractivity contribution >= 4 is 39.0 Å². The third kappa shape index (κ3) is 3.47. The third-order valence-electron chi connectivity index (χ3n) is 4.14. The average molecular weight is 326 g/mol. The minimum absolute atomic E-state index is 0.106. The van der Waals surface area contributed by atoms with Crippen LogP contribution in [0.15, 0.2) is 6.07 Å². The summed E-state index contributed by atoms with van der Waals surface area (Å²) in [7, 11) is 0. The molecule has 1 aliphatic carbocycles. The van der Waals surface area contributed by atoms with E-state index in [0.29, 0.717) is 11.2 Å². The first-order valence-electron chi connectivity index (χ1n) is 7.53. The highest BCUT2D eigenvalue weighted by Crippen LogP contribution is 2.31. The normalized spacial score (nSPS) is 22.6. The average Bonchev–Trinajstić information content (AvgIpc) is 2.89. The topological polar surface area (TPSA) is 58.0 Å². The molecule has 1 fully saturated rings. The molecule has 6 heteroatoms. The lowest BCUT2D eigenvalue weighted by molar-refractivity contribution is 0.111. The molecule has 0 unspecified atom stereocenters. The number of aromatic nitrogens is 2. The predicted molar refractivity (Wildman–Crippen MR) is 88.3 cm³/mol. The molecule has 2 N–H and O–H groups in total. The molecule has 114 valence electrons. The van der Waals surface area contributed by atoms with Crippen LogP contribution in [0.5, 0.6) is 0 Å². The zero-order valence-corrected chi connectivity index (χ0v) is 13.7. The fourth-order valence-corrected chi connectivity index (χ4v) is 4.03. The second-order valence-corrected chi connectivity index (χ2v) is 7.14. The van der Waals surface area contributed by atoms with Gasteiger partial charge < -0.3 is 10.4 Å². The van der Waals surface area contributed by atoms with E-state index in [1.165, 1.54) is 4.88 Å². The molecule has 1 saturated carbocycles. The SMILES string of the molecule is CCc1cc2c(NCC3CCC(O)CC3)nc(Cl)nc2s1. The van der Waals surface area contributed by atoms with Crippen LogP contribution in [0.25, 0.3) is 10.2 Å². The van der Waals surface area contributed by atoms with E-state index < -0.39 is 0 Å². The molecule has 2 aromatic rings. The van der Waals surface area contributed by atoms with Gasteiger partial charge in [0.05, 0.1) is 11.5 Å². The molecule has 3 rings (SSSR count). The van der Waals surface area contributed by atoms with Crippen LogP contribution >= 0.6 is 22.9 Å². The summed E-state index contributed by atoms with van der Waals surface area (Å²) in [5, 5.41) is 14.4. The van der Waals surface area contributed by atoms with Gasteiger partial charge >= 0.3 is 0 Å². The molecule has 0 bridgehead atoms. The number of aryl methyl sites for hydroxylation is 1. The van der Waals surface area contributed by atoms with Gasteiger partial charge in [0, 0.05) is 11.4 Å². The van der Waals surface area contributed by atoms with Crippen LogP contribution in [0.4, 0.5) is 5.82 Å². The summed E-state index contributed by atoms with van der Waals surface area (Å²) in [5.41, 5.74) is 0. The zero-order chi connectivity index (χ0) is 14.8. The Morgan fingerprint density at radius 2 is 2.10 bits per heavy atom. The van der Waals surface area contributed by atoms with Gasteiger partial charge in [-0.2, -0.15) is 0 Å². The van der Waals surface area contributed by atoms with E-state index in [4.69, 9.17) is 11.6 Å². The minimum Gasteiger partial charge on any atom is -0.393 e. The van der Waals surface area contributed by atoms with Crippen LogP contribution in [-0.2, 0) is 6.42 Å². The molecule has 0 aromatic carbocycles. The van der Waals surface area contributed by atoms with Crippen LogP contribution in [0.2, 0.25) is 5.28 Å². The Morgan fingerprint density at radius 1 is 1.33 bits per heavy atom. The fourth-order valence-electron chi connectivity index (χ4n) is 2.84. The van der Waals surface area contributed by atoms with E-state index >= 15 is 0 Å². The predicted octanol–water partition coefficient (Wildman–Crippen LogP) is 3.87. The largest absolute Gasteiger partial charge is 0.393 e. The van der Waals surface area contributed by atoms with Crippen LogP contribution in [0, 0.1) is 5.92 Å². The number of rotatable bonds is 4. The second kappa shape index (κ2) is 6.46. The van der Waals surface area contributed by atoms with Gasteiger partial charge in [0.25, 0.3) is 0 Å². The second-order valence-electron chi connectivity index (χ2n) is 5.68. The van der Waals surface area contributed by atoms with Gasteiger partial charge in [0.1, 0.15) is 10.6 Å². The number of aliphatic hydroxyl groups excluding tert-OH is 1. The van der Waals surface area contributed by atoms with Gasteiger partial charge in [-0.05, 0) is 55.7 Å². The van der Waals surface area contributed by atoms with E-state index in [1.54, 1.807) is 11.3 Å². The maximum atomic E-state index is 9.56. The summed E-state index contributed by atoms with van der Waals surface area (Å²) in [4.78, 5) is 10.9. The first-order chi connectivity index (χ1) is 10.2. The van der Waals surface area contributed by atoms with Crippen molar-refractivity contribution in [3.05, 3.63) is 16.2 Å². The first kappa shape index (κ1) is 15.0. The Hall–Kier alpha value is -0.910. The molecule has 0 radical (unpaired) electrons. The van der Waals surface area contributed by atoms with Crippen molar-refractivity contribution in [2.45, 2.75) is 45.1 Å².